The molecule has 2 aliphatic rings. The van der Waals surface area contributed by atoms with Crippen molar-refractivity contribution in [3.8, 4) is 0 Å². The zero-order valence-electron chi connectivity index (χ0n) is 47.8. The Morgan fingerprint density at radius 3 is 1.18 bits per heavy atom. The van der Waals surface area contributed by atoms with Crippen LogP contribution in [0.4, 0.5) is 90.7 Å². The first kappa shape index (κ1) is 73.1. The topological polar surface area (TPSA) is 140 Å². The molecular formula is C58H68F18N6O5. The molecule has 0 saturated heterocycles. The summed E-state index contributed by atoms with van der Waals surface area (Å²) in [4.78, 5) is 46.5. The van der Waals surface area contributed by atoms with Crippen LogP contribution in [0.15, 0.2) is 60.9 Å². The first-order chi connectivity index (χ1) is 40.4. The molecular weight excluding hydrogens is 1200 g/mol. The van der Waals surface area contributed by atoms with Gasteiger partial charge >= 0.3 is 49.0 Å². The molecule has 2 aromatic heterocycles. The summed E-state index contributed by atoms with van der Waals surface area (Å²) in [7, 11) is 0. The summed E-state index contributed by atoms with van der Waals surface area (Å²) < 4.78 is 242. The molecule has 29 heteroatoms. The van der Waals surface area contributed by atoms with Crippen LogP contribution in [0.25, 0.3) is 0 Å². The highest BCUT2D eigenvalue weighted by molar-refractivity contribution is 5.83. The molecule has 87 heavy (non-hydrogen) atoms. The summed E-state index contributed by atoms with van der Waals surface area (Å²) in [6.45, 7) is 8.85. The molecule has 0 atom stereocenters. The number of nitrogens with one attached hydrogen (secondary N) is 1. The SMILES string of the molecule is CCOC(=O)CC1CCC(CN(CC)c2ncc(C(F)(F)F)cc2C=O)CC1.CCOC(=O)CC1CCC(CN(CC)c2ncc(C(F)(F)F)cc2CNCc2cc(C(F)(F)F)cc(C(F)(F)F)c2)CC1.NCc1cc(C(F)(F)F)cc(C(F)(F)F)c1. The third-order valence-corrected chi connectivity index (χ3v) is 14.6. The Kier molecular flexibility index (Phi) is 26.6. The number of nitrogens with zero attached hydrogens (tertiary/aromatic N) is 4. The molecule has 2 aliphatic carbocycles. The van der Waals surface area contributed by atoms with Gasteiger partial charge in [0.25, 0.3) is 0 Å². The minimum Gasteiger partial charge on any atom is -0.466 e. The molecule has 0 bridgehead atoms. The first-order valence-corrected chi connectivity index (χ1v) is 27.8. The summed E-state index contributed by atoms with van der Waals surface area (Å²) in [5, 5.41) is 2.70. The quantitative estimate of drug-likeness (QED) is 0.0496. The van der Waals surface area contributed by atoms with Gasteiger partial charge in [-0.25, -0.2) is 9.97 Å². The van der Waals surface area contributed by atoms with Crippen LogP contribution in [0.3, 0.4) is 0 Å². The maximum atomic E-state index is 13.5. The number of halogens is 18. The van der Waals surface area contributed by atoms with Gasteiger partial charge in [0.1, 0.15) is 11.6 Å². The van der Waals surface area contributed by atoms with Crippen molar-refractivity contribution in [1.29, 1.82) is 0 Å². The van der Waals surface area contributed by atoms with Crippen LogP contribution in [-0.4, -0.2) is 67.6 Å². The van der Waals surface area contributed by atoms with Crippen LogP contribution in [-0.2, 0) is 75.8 Å². The van der Waals surface area contributed by atoms with E-state index in [0.717, 1.165) is 69.7 Å². The average molecular weight is 1270 g/mol. The van der Waals surface area contributed by atoms with E-state index in [1.54, 1.807) is 13.8 Å². The van der Waals surface area contributed by atoms with Crippen molar-refractivity contribution in [3.05, 3.63) is 117 Å². The third kappa shape index (κ3) is 23.3. The number of benzene rings is 2. The number of ether oxygens (including phenoxy) is 2. The van der Waals surface area contributed by atoms with Crippen LogP contribution in [0, 0.1) is 23.7 Å². The van der Waals surface area contributed by atoms with Crippen molar-refractivity contribution in [2.24, 2.45) is 29.4 Å². The predicted molar refractivity (Wildman–Crippen MR) is 284 cm³/mol. The predicted octanol–water partition coefficient (Wildman–Crippen LogP) is 15.7. The van der Waals surface area contributed by atoms with E-state index in [1.165, 1.54) is 0 Å². The molecule has 0 spiro atoms. The van der Waals surface area contributed by atoms with E-state index in [0.29, 0.717) is 107 Å². The van der Waals surface area contributed by atoms with E-state index in [4.69, 9.17) is 15.2 Å². The number of aromatic nitrogens is 2. The number of nitrogens with two attached hydrogens (primary N) is 1. The van der Waals surface area contributed by atoms with E-state index in [1.807, 2.05) is 23.6 Å². The van der Waals surface area contributed by atoms with Crippen molar-refractivity contribution in [1.82, 2.24) is 15.3 Å². The van der Waals surface area contributed by atoms with Gasteiger partial charge in [0.15, 0.2) is 6.29 Å². The monoisotopic (exact) mass is 1270 g/mol. The molecule has 2 aromatic carbocycles. The van der Waals surface area contributed by atoms with Gasteiger partial charge in [-0.15, -0.1) is 0 Å². The Balaban J connectivity index is 0.000000313. The number of hydrogen-bond acceptors (Lipinski definition) is 11. The summed E-state index contributed by atoms with van der Waals surface area (Å²) in [5.74, 6) is 1.19. The maximum Gasteiger partial charge on any atom is 0.417 e. The summed E-state index contributed by atoms with van der Waals surface area (Å²) in [6, 6.07) is 4.19. The number of hydrogen-bond donors (Lipinski definition) is 2. The number of carbonyl (C=O) groups excluding carboxylic acids is 3. The minimum atomic E-state index is -5.02. The van der Waals surface area contributed by atoms with E-state index in [2.05, 4.69) is 15.3 Å². The van der Waals surface area contributed by atoms with Crippen molar-refractivity contribution >= 4 is 29.9 Å². The third-order valence-electron chi connectivity index (χ3n) is 14.6. The fourth-order valence-electron chi connectivity index (χ4n) is 10.2. The fourth-order valence-corrected chi connectivity index (χ4v) is 10.2. The Morgan fingerprint density at radius 1 is 0.494 bits per heavy atom. The standard InChI is InChI=1S/C29H34F9N3O2.C20H27F3N2O3.C9H7F6N/c1-3-41(17-19-7-5-18(6-8-19)11-25(42)43-4-2)26-21(12-24(16-40-26)29(36,37)38)15-39-14-20-9-22(27(30,31)32)13-23(10-20)28(33,34)35;1-3-25(19-16(13-26)10-17(11-24-19)20(21,22)23)12-15-7-5-14(6-8-15)9-18(27)28-4-2;10-8(11,12)6-1-5(4-16)2-7(3-6)9(13,14)15/h9-10,12-13,16,18-19,39H,3-8,11,14-15,17H2,1-2H3;10-11,13-15H,3-9,12H2,1-2H3;1-3H,4,16H2. The number of esters is 2. The number of rotatable bonds is 20. The van der Waals surface area contributed by atoms with Crippen LogP contribution < -0.4 is 20.9 Å². The van der Waals surface area contributed by atoms with Gasteiger partial charge in [-0.2, -0.15) is 79.0 Å². The number of anilines is 2. The molecule has 2 fully saturated rings. The van der Waals surface area contributed by atoms with Gasteiger partial charge in [0.2, 0.25) is 0 Å². The van der Waals surface area contributed by atoms with Gasteiger partial charge in [-0.1, -0.05) is 0 Å². The zero-order valence-corrected chi connectivity index (χ0v) is 47.8. The van der Waals surface area contributed by atoms with Crippen molar-refractivity contribution < 1.29 is 103 Å². The van der Waals surface area contributed by atoms with Crippen LogP contribution >= 0.6 is 0 Å². The lowest BCUT2D eigenvalue weighted by Gasteiger charge is -2.33. The van der Waals surface area contributed by atoms with E-state index in [9.17, 15) is 93.4 Å². The van der Waals surface area contributed by atoms with Gasteiger partial charge < -0.3 is 30.3 Å². The lowest BCUT2D eigenvalue weighted by molar-refractivity contribution is -0.145. The number of aldehydes is 1. The Hall–Kier alpha value is -6.39. The molecule has 0 unspecified atom stereocenters. The van der Waals surface area contributed by atoms with Gasteiger partial charge in [-0.3, -0.25) is 14.4 Å². The number of pyridine rings is 2. The molecule has 2 heterocycles. The zero-order chi connectivity index (χ0) is 65.3. The van der Waals surface area contributed by atoms with E-state index < -0.39 is 77.0 Å². The normalized spacial score (nSPS) is 17.7. The summed E-state index contributed by atoms with van der Waals surface area (Å²) in [5.41, 5.74) is -3.02. The Labute approximate surface area is 490 Å². The molecule has 6 rings (SSSR count). The average Bonchev–Trinajstić information content (AvgIpc) is 1.92. The molecule has 4 aromatic rings. The lowest BCUT2D eigenvalue weighted by atomic mass is 9.80. The Bertz CT molecular complexity index is 2780. The lowest BCUT2D eigenvalue weighted by Crippen LogP contribution is -2.33. The largest absolute Gasteiger partial charge is 0.466 e. The van der Waals surface area contributed by atoms with Gasteiger partial charge in [0, 0.05) is 76.6 Å². The smallest absolute Gasteiger partial charge is 0.417 e. The second-order valence-corrected chi connectivity index (χ2v) is 21.0. The van der Waals surface area contributed by atoms with Crippen molar-refractivity contribution in [2.75, 3.05) is 49.2 Å². The number of alkyl halides is 18. The van der Waals surface area contributed by atoms with Crippen molar-refractivity contribution in [2.45, 2.75) is 149 Å². The summed E-state index contributed by atoms with van der Waals surface area (Å²) in [6.07, 6.45) is -19.3. The minimum absolute atomic E-state index is 0.0156. The molecule has 2 saturated carbocycles. The highest BCUT2D eigenvalue weighted by atomic mass is 19.4. The van der Waals surface area contributed by atoms with E-state index in [-0.39, 0.29) is 77.1 Å². The second-order valence-electron chi connectivity index (χ2n) is 21.0. The van der Waals surface area contributed by atoms with Gasteiger partial charge in [0.05, 0.1) is 52.2 Å². The van der Waals surface area contributed by atoms with Gasteiger partial charge in [-0.05, 0) is 162 Å². The molecule has 0 aliphatic heterocycles. The molecule has 11 nitrogen and oxygen atoms in total. The van der Waals surface area contributed by atoms with Crippen molar-refractivity contribution in [3.63, 3.8) is 0 Å². The molecule has 486 valence electrons. The van der Waals surface area contributed by atoms with E-state index >= 15 is 0 Å². The summed E-state index contributed by atoms with van der Waals surface area (Å²) >= 11 is 0. The second kappa shape index (κ2) is 31.7. The molecule has 0 radical (unpaired) electrons. The highest BCUT2D eigenvalue weighted by Gasteiger charge is 2.39. The maximum absolute atomic E-state index is 13.5. The Morgan fingerprint density at radius 2 is 0.839 bits per heavy atom. The van der Waals surface area contributed by atoms with Crippen LogP contribution in [0.1, 0.15) is 152 Å². The molecule has 3 N–H and O–H groups in total. The molecule has 0 amide bonds. The highest BCUT2D eigenvalue weighted by Crippen LogP contribution is 2.40. The van der Waals surface area contributed by atoms with Crippen LogP contribution in [0.2, 0.25) is 0 Å². The van der Waals surface area contributed by atoms with Crippen LogP contribution in [0.5, 0.6) is 0 Å². The first-order valence-electron chi connectivity index (χ1n) is 27.8. The number of carbonyl (C=O) groups is 3. The fraction of sp³-hybridized carbons (Fsp3) is 0.569.